The van der Waals surface area contributed by atoms with E-state index in [0.717, 1.165) is 0 Å². The minimum atomic E-state index is -0.580. The summed E-state index contributed by atoms with van der Waals surface area (Å²) >= 11 is 0. The number of nitrogen functional groups attached to an aromatic ring is 1. The van der Waals surface area contributed by atoms with E-state index in [0.29, 0.717) is 11.3 Å². The monoisotopic (exact) mass is 332 g/mol. The first-order chi connectivity index (χ1) is 11.4. The third-order valence-corrected chi connectivity index (χ3v) is 3.20. The molecular formula is C16H16N2O6. The quantitative estimate of drug-likeness (QED) is 0.374. The van der Waals surface area contributed by atoms with Gasteiger partial charge in [0.25, 0.3) is 0 Å². The van der Waals surface area contributed by atoms with Crippen molar-refractivity contribution in [3.63, 3.8) is 0 Å². The van der Waals surface area contributed by atoms with Crippen LogP contribution in [-0.2, 0) is 16.0 Å². The molecule has 8 heteroatoms. The average Bonchev–Trinajstić information content (AvgIpc) is 2.57. The average molecular weight is 332 g/mol. The van der Waals surface area contributed by atoms with E-state index in [1.807, 2.05) is 0 Å². The number of rotatable bonds is 6. The highest BCUT2D eigenvalue weighted by Crippen LogP contribution is 2.37. The summed E-state index contributed by atoms with van der Waals surface area (Å²) in [5.74, 6) is 0.259. The van der Waals surface area contributed by atoms with Gasteiger partial charge in [0.1, 0.15) is 0 Å². The van der Waals surface area contributed by atoms with Crippen LogP contribution in [0.25, 0.3) is 0 Å². The first-order valence-electron chi connectivity index (χ1n) is 6.90. The Morgan fingerprint density at radius 2 is 1.83 bits per heavy atom. The number of nitro benzene ring substituents is 1. The van der Waals surface area contributed by atoms with Crippen molar-refractivity contribution < 1.29 is 23.9 Å². The van der Waals surface area contributed by atoms with Gasteiger partial charge in [0.05, 0.1) is 25.6 Å². The molecule has 0 aromatic heterocycles. The summed E-state index contributed by atoms with van der Waals surface area (Å²) < 4.78 is 15.4. The second-order valence-corrected chi connectivity index (χ2v) is 4.82. The lowest BCUT2D eigenvalue weighted by atomic mass is 10.1. The van der Waals surface area contributed by atoms with E-state index in [1.165, 1.54) is 32.4 Å². The molecule has 0 unspecified atom stereocenters. The van der Waals surface area contributed by atoms with E-state index in [-0.39, 0.29) is 35.3 Å². The zero-order valence-corrected chi connectivity index (χ0v) is 13.1. The van der Waals surface area contributed by atoms with Crippen molar-refractivity contribution in [2.24, 2.45) is 0 Å². The Hall–Kier alpha value is -3.29. The molecule has 0 heterocycles. The van der Waals surface area contributed by atoms with Crippen molar-refractivity contribution in [1.82, 2.24) is 0 Å². The minimum absolute atomic E-state index is 0.0354. The highest BCUT2D eigenvalue weighted by Gasteiger charge is 2.18. The SMILES string of the molecule is COC(=O)Cc1ccc(Oc2ccc(N)cc2[N+](=O)[O-])c(OC)c1. The largest absolute Gasteiger partial charge is 0.493 e. The lowest BCUT2D eigenvalue weighted by molar-refractivity contribution is -0.385. The predicted octanol–water partition coefficient (Wildman–Crippen LogP) is 2.69. The number of anilines is 1. The van der Waals surface area contributed by atoms with Crippen molar-refractivity contribution in [1.29, 1.82) is 0 Å². The van der Waals surface area contributed by atoms with Gasteiger partial charge in [0, 0.05) is 11.8 Å². The van der Waals surface area contributed by atoms with Crippen molar-refractivity contribution in [2.45, 2.75) is 6.42 Å². The molecule has 0 saturated heterocycles. The number of nitro groups is 1. The summed E-state index contributed by atoms with van der Waals surface area (Å²) in [6.07, 6.45) is 0.0785. The van der Waals surface area contributed by atoms with Crippen LogP contribution in [0.1, 0.15) is 5.56 Å². The van der Waals surface area contributed by atoms with Gasteiger partial charge in [-0.1, -0.05) is 6.07 Å². The fourth-order valence-electron chi connectivity index (χ4n) is 2.03. The Morgan fingerprint density at radius 3 is 2.46 bits per heavy atom. The first kappa shape index (κ1) is 17.1. The van der Waals surface area contributed by atoms with E-state index in [4.69, 9.17) is 15.2 Å². The van der Waals surface area contributed by atoms with Crippen molar-refractivity contribution in [3.8, 4) is 17.2 Å². The number of benzene rings is 2. The van der Waals surface area contributed by atoms with E-state index in [9.17, 15) is 14.9 Å². The Morgan fingerprint density at radius 1 is 1.12 bits per heavy atom. The van der Waals surface area contributed by atoms with Crippen LogP contribution in [0, 0.1) is 10.1 Å². The minimum Gasteiger partial charge on any atom is -0.493 e. The van der Waals surface area contributed by atoms with Gasteiger partial charge < -0.3 is 19.9 Å². The van der Waals surface area contributed by atoms with Crippen LogP contribution in [0.4, 0.5) is 11.4 Å². The lowest BCUT2D eigenvalue weighted by Crippen LogP contribution is -2.04. The van der Waals surface area contributed by atoms with Crippen LogP contribution in [-0.4, -0.2) is 25.1 Å². The zero-order valence-electron chi connectivity index (χ0n) is 13.1. The van der Waals surface area contributed by atoms with Gasteiger partial charge in [0.2, 0.25) is 5.75 Å². The fourth-order valence-corrected chi connectivity index (χ4v) is 2.03. The second kappa shape index (κ2) is 7.32. The van der Waals surface area contributed by atoms with E-state index < -0.39 is 4.92 Å². The van der Waals surface area contributed by atoms with Crippen LogP contribution in [0.15, 0.2) is 36.4 Å². The fraction of sp³-hybridized carbons (Fsp3) is 0.188. The summed E-state index contributed by atoms with van der Waals surface area (Å²) in [7, 11) is 2.73. The Bertz CT molecular complexity index is 775. The molecule has 2 aromatic carbocycles. The van der Waals surface area contributed by atoms with Crippen molar-refractivity contribution in [3.05, 3.63) is 52.1 Å². The van der Waals surface area contributed by atoms with E-state index in [2.05, 4.69) is 4.74 Å². The number of carbonyl (C=O) groups excluding carboxylic acids is 1. The van der Waals surface area contributed by atoms with Gasteiger partial charge in [-0.25, -0.2) is 0 Å². The molecule has 0 radical (unpaired) electrons. The Labute approximate surface area is 137 Å². The number of nitrogens with two attached hydrogens (primary N) is 1. The number of methoxy groups -OCH3 is 2. The Balaban J connectivity index is 2.33. The van der Waals surface area contributed by atoms with Gasteiger partial charge in [0.15, 0.2) is 11.5 Å². The van der Waals surface area contributed by atoms with Crippen LogP contribution < -0.4 is 15.2 Å². The maximum atomic E-state index is 11.3. The topological polar surface area (TPSA) is 114 Å². The molecule has 0 fully saturated rings. The number of ether oxygens (including phenoxy) is 3. The summed E-state index contributed by atoms with van der Waals surface area (Å²) in [6.45, 7) is 0. The zero-order chi connectivity index (χ0) is 17.7. The molecule has 8 nitrogen and oxygen atoms in total. The summed E-state index contributed by atoms with van der Waals surface area (Å²) in [5, 5.41) is 11.1. The van der Waals surface area contributed by atoms with Gasteiger partial charge in [-0.05, 0) is 29.8 Å². The molecule has 24 heavy (non-hydrogen) atoms. The number of nitrogens with zero attached hydrogens (tertiary/aromatic N) is 1. The summed E-state index contributed by atoms with van der Waals surface area (Å²) in [4.78, 5) is 21.9. The normalized spacial score (nSPS) is 10.1. The smallest absolute Gasteiger partial charge is 0.313 e. The highest BCUT2D eigenvalue weighted by molar-refractivity contribution is 5.72. The van der Waals surface area contributed by atoms with Crippen molar-refractivity contribution >= 4 is 17.3 Å². The third-order valence-electron chi connectivity index (χ3n) is 3.20. The molecule has 0 aliphatic heterocycles. The molecular weight excluding hydrogens is 316 g/mol. The summed E-state index contributed by atoms with van der Waals surface area (Å²) in [6, 6.07) is 8.95. The Kier molecular flexibility index (Phi) is 5.20. The molecule has 2 N–H and O–H groups in total. The standard InChI is InChI=1S/C16H16N2O6/c1-22-15-7-10(8-16(19)23-2)3-5-14(15)24-13-6-4-11(17)9-12(13)18(20)21/h3-7,9H,8,17H2,1-2H3. The maximum Gasteiger partial charge on any atom is 0.313 e. The maximum absolute atomic E-state index is 11.3. The van der Waals surface area contributed by atoms with Gasteiger partial charge >= 0.3 is 11.7 Å². The highest BCUT2D eigenvalue weighted by atomic mass is 16.6. The van der Waals surface area contributed by atoms with Crippen molar-refractivity contribution in [2.75, 3.05) is 20.0 Å². The second-order valence-electron chi connectivity index (χ2n) is 4.82. The van der Waals surface area contributed by atoms with Crippen LogP contribution >= 0.6 is 0 Å². The number of carbonyl (C=O) groups is 1. The van der Waals surface area contributed by atoms with Crippen LogP contribution in [0.5, 0.6) is 17.2 Å². The number of esters is 1. The molecule has 2 rings (SSSR count). The van der Waals surface area contributed by atoms with Gasteiger partial charge in [-0.2, -0.15) is 0 Å². The molecule has 2 aromatic rings. The molecule has 0 saturated carbocycles. The third kappa shape index (κ3) is 3.92. The predicted molar refractivity (Wildman–Crippen MR) is 86.3 cm³/mol. The molecule has 0 aliphatic carbocycles. The molecule has 0 atom stereocenters. The molecule has 0 spiro atoms. The van der Waals surface area contributed by atoms with Crippen LogP contribution in [0.2, 0.25) is 0 Å². The first-order valence-corrected chi connectivity index (χ1v) is 6.90. The summed E-state index contributed by atoms with van der Waals surface area (Å²) in [5.41, 5.74) is 6.24. The van der Waals surface area contributed by atoms with E-state index >= 15 is 0 Å². The lowest BCUT2D eigenvalue weighted by Gasteiger charge is -2.12. The van der Waals surface area contributed by atoms with E-state index in [1.54, 1.807) is 18.2 Å². The molecule has 0 amide bonds. The molecule has 126 valence electrons. The molecule has 0 aliphatic rings. The number of hydrogen-bond acceptors (Lipinski definition) is 7. The molecule has 0 bridgehead atoms. The van der Waals surface area contributed by atoms with Gasteiger partial charge in [-0.3, -0.25) is 14.9 Å². The van der Waals surface area contributed by atoms with Gasteiger partial charge in [-0.15, -0.1) is 0 Å². The number of hydrogen-bond donors (Lipinski definition) is 1. The van der Waals surface area contributed by atoms with Crippen LogP contribution in [0.3, 0.4) is 0 Å².